The van der Waals surface area contributed by atoms with Crippen LogP contribution in [0.5, 0.6) is 0 Å². The maximum absolute atomic E-state index is 11.9. The molecular weight excluding hydrogens is 471 g/mol. The van der Waals surface area contributed by atoms with Crippen LogP contribution in [0.15, 0.2) is 27.8 Å². The van der Waals surface area contributed by atoms with Crippen molar-refractivity contribution >= 4 is 35.8 Å². The highest BCUT2D eigenvalue weighted by atomic mass is 127. The number of carbonyl (C=O) groups is 1. The molecule has 1 aliphatic carbocycles. The molecule has 0 atom stereocenters. The lowest BCUT2D eigenvalue weighted by Gasteiger charge is -2.31. The summed E-state index contributed by atoms with van der Waals surface area (Å²) in [7, 11) is 3.48. The lowest BCUT2D eigenvalue weighted by Crippen LogP contribution is -2.46. The second-order valence-electron chi connectivity index (χ2n) is 7.51. The number of halogens is 1. The number of nitrogens with one attached hydrogen (secondary N) is 2. The van der Waals surface area contributed by atoms with E-state index in [9.17, 15) is 4.79 Å². The fraction of sp³-hybridized carbons (Fsp3) is 0.700. The first-order valence-electron chi connectivity index (χ1n) is 9.87. The number of nitrogens with zero attached hydrogens (tertiary/aromatic N) is 2. The van der Waals surface area contributed by atoms with Crippen molar-refractivity contribution in [1.29, 1.82) is 0 Å². The van der Waals surface area contributed by atoms with Crippen LogP contribution in [0, 0.1) is 0 Å². The SMILES string of the molecule is CC(C)OC1CCC(NC(=NCC(=O)N(C)C)NCCc2ccco2)CC1.I. The van der Waals surface area contributed by atoms with Gasteiger partial charge in [0.1, 0.15) is 12.3 Å². The fourth-order valence-corrected chi connectivity index (χ4v) is 3.12. The molecular formula is C20H35IN4O3. The Balaban J connectivity index is 0.00000392. The topological polar surface area (TPSA) is 79.1 Å². The second-order valence-corrected chi connectivity index (χ2v) is 7.51. The van der Waals surface area contributed by atoms with Crippen LogP contribution in [-0.4, -0.2) is 62.2 Å². The van der Waals surface area contributed by atoms with Crippen molar-refractivity contribution < 1.29 is 13.9 Å². The summed E-state index contributed by atoms with van der Waals surface area (Å²) in [5.41, 5.74) is 0. The highest BCUT2D eigenvalue weighted by Crippen LogP contribution is 2.22. The number of ether oxygens (including phenoxy) is 1. The first-order chi connectivity index (χ1) is 12.9. The average molecular weight is 506 g/mol. The Bertz CT molecular complexity index is 582. The number of rotatable bonds is 8. The van der Waals surface area contributed by atoms with E-state index in [1.165, 1.54) is 0 Å². The third kappa shape index (κ3) is 9.27. The fourth-order valence-electron chi connectivity index (χ4n) is 3.12. The van der Waals surface area contributed by atoms with E-state index >= 15 is 0 Å². The third-order valence-corrected chi connectivity index (χ3v) is 4.59. The van der Waals surface area contributed by atoms with Gasteiger partial charge in [-0.3, -0.25) is 4.79 Å². The second kappa shape index (κ2) is 13.0. The van der Waals surface area contributed by atoms with Crippen LogP contribution in [0.4, 0.5) is 0 Å². The first kappa shape index (κ1) is 24.7. The van der Waals surface area contributed by atoms with Gasteiger partial charge in [0.05, 0.1) is 18.5 Å². The summed E-state index contributed by atoms with van der Waals surface area (Å²) < 4.78 is 11.3. The minimum absolute atomic E-state index is 0. The molecule has 2 N–H and O–H groups in total. The number of likely N-dealkylation sites (N-methyl/N-ethyl adjacent to an activating group) is 1. The van der Waals surface area contributed by atoms with E-state index in [-0.39, 0.29) is 42.5 Å². The summed E-state index contributed by atoms with van der Waals surface area (Å²) in [6.45, 7) is 5.00. The van der Waals surface area contributed by atoms with Gasteiger partial charge in [-0.15, -0.1) is 24.0 Å². The van der Waals surface area contributed by atoms with Crippen molar-refractivity contribution in [2.24, 2.45) is 4.99 Å². The van der Waals surface area contributed by atoms with Crippen LogP contribution in [0.25, 0.3) is 0 Å². The summed E-state index contributed by atoms with van der Waals surface area (Å²) in [5, 5.41) is 6.81. The third-order valence-electron chi connectivity index (χ3n) is 4.59. The number of guanidine groups is 1. The number of hydrogen-bond donors (Lipinski definition) is 2. The van der Waals surface area contributed by atoms with Gasteiger partial charge >= 0.3 is 0 Å². The van der Waals surface area contributed by atoms with Gasteiger partial charge in [0.25, 0.3) is 0 Å². The van der Waals surface area contributed by atoms with Crippen LogP contribution in [0.2, 0.25) is 0 Å². The number of hydrogen-bond acceptors (Lipinski definition) is 4. The summed E-state index contributed by atoms with van der Waals surface area (Å²) in [4.78, 5) is 17.9. The van der Waals surface area contributed by atoms with E-state index in [0.717, 1.165) is 37.9 Å². The minimum atomic E-state index is -0.0174. The monoisotopic (exact) mass is 506 g/mol. The molecule has 160 valence electrons. The maximum Gasteiger partial charge on any atom is 0.243 e. The minimum Gasteiger partial charge on any atom is -0.469 e. The zero-order valence-corrected chi connectivity index (χ0v) is 19.8. The van der Waals surface area contributed by atoms with Gasteiger partial charge in [0.15, 0.2) is 5.96 Å². The molecule has 0 aromatic carbocycles. The quantitative estimate of drug-likeness (QED) is 0.322. The molecule has 1 heterocycles. The van der Waals surface area contributed by atoms with Crippen LogP contribution in [0.3, 0.4) is 0 Å². The van der Waals surface area contributed by atoms with Crippen LogP contribution >= 0.6 is 24.0 Å². The van der Waals surface area contributed by atoms with Crippen LogP contribution < -0.4 is 10.6 Å². The molecule has 0 bridgehead atoms. The summed E-state index contributed by atoms with van der Waals surface area (Å²) in [5.74, 6) is 1.60. The van der Waals surface area contributed by atoms with Gasteiger partial charge in [-0.2, -0.15) is 0 Å². The zero-order valence-electron chi connectivity index (χ0n) is 17.4. The summed E-state index contributed by atoms with van der Waals surface area (Å²) in [6, 6.07) is 4.19. The van der Waals surface area contributed by atoms with E-state index in [1.807, 2.05) is 12.1 Å². The van der Waals surface area contributed by atoms with Crippen molar-refractivity contribution in [2.75, 3.05) is 27.2 Å². The molecule has 0 aliphatic heterocycles. The Morgan fingerprint density at radius 1 is 1.32 bits per heavy atom. The molecule has 1 aliphatic rings. The summed E-state index contributed by atoms with van der Waals surface area (Å²) in [6.07, 6.45) is 7.25. The Hall–Kier alpha value is -1.29. The lowest BCUT2D eigenvalue weighted by molar-refractivity contribution is -0.127. The average Bonchev–Trinajstić information content (AvgIpc) is 3.13. The van der Waals surface area contributed by atoms with E-state index in [2.05, 4.69) is 29.5 Å². The van der Waals surface area contributed by atoms with Crippen molar-refractivity contribution in [1.82, 2.24) is 15.5 Å². The highest BCUT2D eigenvalue weighted by molar-refractivity contribution is 14.0. The number of furan rings is 1. The van der Waals surface area contributed by atoms with Crippen LogP contribution in [-0.2, 0) is 16.0 Å². The molecule has 2 rings (SSSR count). The van der Waals surface area contributed by atoms with Crippen LogP contribution in [0.1, 0.15) is 45.3 Å². The molecule has 0 spiro atoms. The first-order valence-corrected chi connectivity index (χ1v) is 9.87. The maximum atomic E-state index is 11.9. The predicted molar refractivity (Wildman–Crippen MR) is 122 cm³/mol. The normalized spacial score (nSPS) is 19.8. The molecule has 28 heavy (non-hydrogen) atoms. The molecule has 0 saturated heterocycles. The van der Waals surface area contributed by atoms with Gasteiger partial charge in [-0.1, -0.05) is 0 Å². The molecule has 7 nitrogen and oxygen atoms in total. The zero-order chi connectivity index (χ0) is 19.6. The van der Waals surface area contributed by atoms with Crippen molar-refractivity contribution in [3.8, 4) is 0 Å². The largest absolute Gasteiger partial charge is 0.469 e. The Morgan fingerprint density at radius 2 is 2.04 bits per heavy atom. The van der Waals surface area contributed by atoms with Gasteiger partial charge in [-0.05, 0) is 51.7 Å². The van der Waals surface area contributed by atoms with E-state index < -0.39 is 0 Å². The summed E-state index contributed by atoms with van der Waals surface area (Å²) >= 11 is 0. The lowest BCUT2D eigenvalue weighted by atomic mass is 9.93. The molecule has 8 heteroatoms. The predicted octanol–water partition coefficient (Wildman–Crippen LogP) is 2.80. The Morgan fingerprint density at radius 3 is 2.61 bits per heavy atom. The molecule has 1 aromatic rings. The molecule has 1 amide bonds. The van der Waals surface area contributed by atoms with Gasteiger partial charge in [-0.25, -0.2) is 4.99 Å². The highest BCUT2D eigenvalue weighted by Gasteiger charge is 2.23. The molecule has 0 unspecified atom stereocenters. The molecule has 0 radical (unpaired) electrons. The smallest absolute Gasteiger partial charge is 0.243 e. The van der Waals surface area contributed by atoms with Crippen molar-refractivity contribution in [3.05, 3.63) is 24.2 Å². The number of amides is 1. The Labute approximate surface area is 185 Å². The molecule has 1 fully saturated rings. The van der Waals surface area contributed by atoms with Crippen molar-refractivity contribution in [3.63, 3.8) is 0 Å². The van der Waals surface area contributed by atoms with E-state index in [4.69, 9.17) is 9.15 Å². The number of carbonyl (C=O) groups excluding carboxylic acids is 1. The van der Waals surface area contributed by atoms with E-state index in [1.54, 1.807) is 25.3 Å². The van der Waals surface area contributed by atoms with Gasteiger partial charge in [0, 0.05) is 33.1 Å². The standard InChI is InChI=1S/C20H34N4O3.HI/c1-15(2)27-18-9-7-16(8-10-18)23-20(22-14-19(25)24(3)4)21-12-11-17-6-5-13-26-17;/h5-6,13,15-16,18H,7-12,14H2,1-4H3,(H2,21,22,23);1H. The molecule has 1 aromatic heterocycles. The Kier molecular flexibility index (Phi) is 11.5. The molecule has 1 saturated carbocycles. The van der Waals surface area contributed by atoms with Crippen molar-refractivity contribution in [2.45, 2.75) is 64.2 Å². The number of aliphatic imine (C=N–C) groups is 1. The van der Waals surface area contributed by atoms with E-state index in [0.29, 0.717) is 24.7 Å². The van der Waals surface area contributed by atoms with Gasteiger partial charge < -0.3 is 24.7 Å². The van der Waals surface area contributed by atoms with Gasteiger partial charge in [0.2, 0.25) is 5.91 Å².